The molecule has 2 unspecified atom stereocenters. The first-order valence-electron chi connectivity index (χ1n) is 6.80. The highest BCUT2D eigenvalue weighted by Gasteiger charge is 2.23. The lowest BCUT2D eigenvalue weighted by Gasteiger charge is -2.25. The minimum atomic E-state index is -3.65. The molecular weight excluding hydrogens is 312 g/mol. The lowest BCUT2D eigenvalue weighted by atomic mass is 9.87. The van der Waals surface area contributed by atoms with Gasteiger partial charge in [0.05, 0.1) is 21.6 Å². The lowest BCUT2D eigenvalue weighted by molar-refractivity contribution is 0.102. The fourth-order valence-electron chi connectivity index (χ4n) is 2.51. The number of halogens is 1. The molecule has 0 aromatic heterocycles. The number of nitriles is 1. The zero-order chi connectivity index (χ0) is 15.5. The topological polar surface area (TPSA) is 90.2 Å². The minimum Gasteiger partial charge on any atom is -0.393 e. The van der Waals surface area contributed by atoms with Gasteiger partial charge in [0.2, 0.25) is 10.0 Å². The molecule has 1 aliphatic carbocycles. The maximum atomic E-state index is 12.2. The van der Waals surface area contributed by atoms with E-state index in [-0.39, 0.29) is 27.5 Å². The summed E-state index contributed by atoms with van der Waals surface area (Å²) >= 11 is 5.86. The van der Waals surface area contributed by atoms with Crippen molar-refractivity contribution in [3.8, 4) is 6.07 Å². The molecule has 5 nitrogen and oxygen atoms in total. The fourth-order valence-corrected chi connectivity index (χ4v) is 3.94. The molecule has 2 rings (SSSR count). The van der Waals surface area contributed by atoms with E-state index in [4.69, 9.17) is 16.9 Å². The molecule has 0 saturated heterocycles. The van der Waals surface area contributed by atoms with E-state index < -0.39 is 10.0 Å². The summed E-state index contributed by atoms with van der Waals surface area (Å²) in [6.45, 7) is 0.303. The molecule has 1 aromatic rings. The van der Waals surface area contributed by atoms with Crippen molar-refractivity contribution < 1.29 is 13.5 Å². The van der Waals surface area contributed by atoms with Gasteiger partial charge in [-0.05, 0) is 43.4 Å². The van der Waals surface area contributed by atoms with Gasteiger partial charge >= 0.3 is 0 Å². The summed E-state index contributed by atoms with van der Waals surface area (Å²) < 4.78 is 26.9. The summed E-state index contributed by atoms with van der Waals surface area (Å²) in [6, 6.07) is 5.92. The van der Waals surface area contributed by atoms with Gasteiger partial charge in [0, 0.05) is 6.54 Å². The van der Waals surface area contributed by atoms with Crippen LogP contribution in [-0.4, -0.2) is 26.2 Å². The first-order valence-corrected chi connectivity index (χ1v) is 8.66. The summed E-state index contributed by atoms with van der Waals surface area (Å²) in [7, 11) is -3.65. The quantitative estimate of drug-likeness (QED) is 0.885. The van der Waals surface area contributed by atoms with Crippen LogP contribution in [0.1, 0.15) is 31.2 Å². The number of nitrogens with zero attached hydrogens (tertiary/aromatic N) is 1. The molecule has 7 heteroatoms. The van der Waals surface area contributed by atoms with Crippen molar-refractivity contribution >= 4 is 21.6 Å². The highest BCUT2D eigenvalue weighted by Crippen LogP contribution is 2.24. The Balaban J connectivity index is 2.05. The van der Waals surface area contributed by atoms with Gasteiger partial charge in [0.25, 0.3) is 0 Å². The molecule has 0 spiro atoms. The van der Waals surface area contributed by atoms with Crippen LogP contribution in [0.25, 0.3) is 0 Å². The minimum absolute atomic E-state index is 0.0443. The van der Waals surface area contributed by atoms with Crippen molar-refractivity contribution in [3.63, 3.8) is 0 Å². The van der Waals surface area contributed by atoms with Crippen LogP contribution in [0.15, 0.2) is 23.1 Å². The molecular formula is C14H17ClN2O3S. The molecule has 2 N–H and O–H groups in total. The van der Waals surface area contributed by atoms with Crippen LogP contribution in [0.4, 0.5) is 0 Å². The summed E-state index contributed by atoms with van der Waals surface area (Å²) in [6.07, 6.45) is 2.90. The molecule has 2 atom stereocenters. The number of benzene rings is 1. The number of hydrogen-bond acceptors (Lipinski definition) is 4. The van der Waals surface area contributed by atoms with Crippen LogP contribution in [0, 0.1) is 17.2 Å². The standard InChI is InChI=1S/C14H17ClN2O3S/c15-14-7-13(5-4-11(14)8-16)21(19,20)17-9-10-2-1-3-12(18)6-10/h4-5,7,10,12,17-18H,1-3,6,9H2. The molecule has 1 fully saturated rings. The SMILES string of the molecule is N#Cc1ccc(S(=O)(=O)NCC2CCCC(O)C2)cc1Cl. The number of sulfonamides is 1. The lowest BCUT2D eigenvalue weighted by Crippen LogP contribution is -2.33. The van der Waals surface area contributed by atoms with E-state index in [1.54, 1.807) is 0 Å². The highest BCUT2D eigenvalue weighted by molar-refractivity contribution is 7.89. The average Bonchev–Trinajstić information content (AvgIpc) is 2.45. The summed E-state index contributed by atoms with van der Waals surface area (Å²) in [5.74, 6) is 0.150. The summed E-state index contributed by atoms with van der Waals surface area (Å²) in [5, 5.41) is 18.5. The van der Waals surface area contributed by atoms with Gasteiger partial charge in [0.1, 0.15) is 6.07 Å². The number of aliphatic hydroxyl groups excluding tert-OH is 1. The van der Waals surface area contributed by atoms with Crippen molar-refractivity contribution in [1.82, 2.24) is 4.72 Å². The third-order valence-corrected chi connectivity index (χ3v) is 5.42. The number of hydrogen-bond donors (Lipinski definition) is 2. The number of nitrogens with one attached hydrogen (secondary N) is 1. The number of aliphatic hydroxyl groups is 1. The Hall–Kier alpha value is -1.13. The predicted octanol–water partition coefficient (Wildman–Crippen LogP) is 2.04. The zero-order valence-corrected chi connectivity index (χ0v) is 13.0. The van der Waals surface area contributed by atoms with E-state index in [0.29, 0.717) is 13.0 Å². The van der Waals surface area contributed by atoms with Gasteiger partial charge in [0.15, 0.2) is 0 Å². The Kier molecular flexibility index (Phi) is 5.22. The van der Waals surface area contributed by atoms with Gasteiger partial charge in [-0.2, -0.15) is 5.26 Å². The van der Waals surface area contributed by atoms with E-state index in [1.165, 1.54) is 18.2 Å². The Labute approximate surface area is 129 Å². The van der Waals surface area contributed by atoms with Crippen molar-refractivity contribution in [2.75, 3.05) is 6.54 Å². The van der Waals surface area contributed by atoms with Crippen LogP contribution >= 0.6 is 11.6 Å². The molecule has 0 amide bonds. The second kappa shape index (κ2) is 6.75. The Morgan fingerprint density at radius 1 is 1.43 bits per heavy atom. The Morgan fingerprint density at radius 2 is 2.19 bits per heavy atom. The molecule has 0 aliphatic heterocycles. The van der Waals surface area contributed by atoms with Crippen molar-refractivity contribution in [3.05, 3.63) is 28.8 Å². The summed E-state index contributed by atoms with van der Waals surface area (Å²) in [4.78, 5) is 0.0443. The van der Waals surface area contributed by atoms with Crippen LogP contribution in [-0.2, 0) is 10.0 Å². The third-order valence-electron chi connectivity index (χ3n) is 3.69. The van der Waals surface area contributed by atoms with E-state index in [1.807, 2.05) is 6.07 Å². The van der Waals surface area contributed by atoms with E-state index in [0.717, 1.165) is 19.3 Å². The Bertz CT molecular complexity index is 655. The van der Waals surface area contributed by atoms with Crippen molar-refractivity contribution in [1.29, 1.82) is 5.26 Å². The fraction of sp³-hybridized carbons (Fsp3) is 0.500. The van der Waals surface area contributed by atoms with Crippen molar-refractivity contribution in [2.24, 2.45) is 5.92 Å². The average molecular weight is 329 g/mol. The van der Waals surface area contributed by atoms with Crippen LogP contribution < -0.4 is 4.72 Å². The van der Waals surface area contributed by atoms with E-state index >= 15 is 0 Å². The van der Waals surface area contributed by atoms with Gasteiger partial charge in [-0.25, -0.2) is 13.1 Å². The monoisotopic (exact) mass is 328 g/mol. The molecule has 114 valence electrons. The molecule has 1 aromatic carbocycles. The van der Waals surface area contributed by atoms with Crippen molar-refractivity contribution in [2.45, 2.75) is 36.7 Å². The smallest absolute Gasteiger partial charge is 0.240 e. The maximum Gasteiger partial charge on any atom is 0.240 e. The normalized spacial score (nSPS) is 22.7. The largest absolute Gasteiger partial charge is 0.393 e. The summed E-state index contributed by atoms with van der Waals surface area (Å²) in [5.41, 5.74) is 0.242. The Morgan fingerprint density at radius 3 is 2.81 bits per heavy atom. The van der Waals surface area contributed by atoms with Crippen LogP contribution in [0.2, 0.25) is 5.02 Å². The maximum absolute atomic E-state index is 12.2. The molecule has 1 saturated carbocycles. The van der Waals surface area contributed by atoms with Gasteiger partial charge in [-0.1, -0.05) is 18.0 Å². The predicted molar refractivity (Wildman–Crippen MR) is 79.3 cm³/mol. The van der Waals surface area contributed by atoms with Gasteiger partial charge < -0.3 is 5.11 Å². The van der Waals surface area contributed by atoms with Gasteiger partial charge in [-0.15, -0.1) is 0 Å². The first kappa shape index (κ1) is 16.2. The molecule has 0 heterocycles. The zero-order valence-electron chi connectivity index (χ0n) is 11.4. The molecule has 0 radical (unpaired) electrons. The molecule has 21 heavy (non-hydrogen) atoms. The van der Waals surface area contributed by atoms with Crippen LogP contribution in [0.5, 0.6) is 0 Å². The van der Waals surface area contributed by atoms with E-state index in [2.05, 4.69) is 4.72 Å². The number of rotatable bonds is 4. The molecule has 0 bridgehead atoms. The third kappa shape index (κ3) is 4.17. The first-order chi connectivity index (χ1) is 9.92. The van der Waals surface area contributed by atoms with Crippen LogP contribution in [0.3, 0.4) is 0 Å². The van der Waals surface area contributed by atoms with E-state index in [9.17, 15) is 13.5 Å². The second-order valence-corrected chi connectivity index (χ2v) is 7.47. The molecule has 1 aliphatic rings. The second-order valence-electron chi connectivity index (χ2n) is 5.29. The highest BCUT2D eigenvalue weighted by atomic mass is 35.5. The van der Waals surface area contributed by atoms with Gasteiger partial charge in [-0.3, -0.25) is 0 Å².